The Balaban J connectivity index is 2.11. The lowest BCUT2D eigenvalue weighted by Gasteiger charge is -2.08. The zero-order chi connectivity index (χ0) is 15.2. The molecule has 2 N–H and O–H groups in total. The molecule has 1 aromatic heterocycles. The van der Waals surface area contributed by atoms with E-state index in [2.05, 4.69) is 20.8 Å². The number of nitrogens with zero attached hydrogens (tertiary/aromatic N) is 2. The maximum Gasteiger partial charge on any atom is 0.288 e. The molecule has 0 aliphatic carbocycles. The van der Waals surface area contributed by atoms with E-state index in [1.807, 2.05) is 6.92 Å². The number of amides is 1. The van der Waals surface area contributed by atoms with Crippen molar-refractivity contribution in [3.63, 3.8) is 0 Å². The van der Waals surface area contributed by atoms with Crippen molar-refractivity contribution in [2.75, 3.05) is 17.2 Å². The minimum absolute atomic E-state index is 0.169. The summed E-state index contributed by atoms with van der Waals surface area (Å²) in [6.07, 6.45) is 0. The van der Waals surface area contributed by atoms with Crippen LogP contribution in [-0.2, 0) is 0 Å². The van der Waals surface area contributed by atoms with Crippen molar-refractivity contribution >= 4 is 39.8 Å². The zero-order valence-corrected chi connectivity index (χ0v) is 12.6. The van der Waals surface area contributed by atoms with E-state index in [0.29, 0.717) is 34.0 Å². The topological polar surface area (TPSA) is 66.9 Å². The standard InChI is InChI=1S/C12H12F2N4OS2/c1-2-15-12-18-17-10(21-12)9(19)16-7-5-3-4-6-8(7)20-11(13)14/h3-6,11H,2H2,1H3,(H,15,18)(H,16,19). The molecule has 2 aromatic rings. The molecule has 1 heterocycles. The number of halogens is 2. The fourth-order valence-corrected chi connectivity index (χ4v) is 2.78. The first-order valence-electron chi connectivity index (χ1n) is 6.02. The molecule has 0 aliphatic rings. The SMILES string of the molecule is CCNc1nnc(C(=O)Nc2ccccc2SC(F)F)s1. The number of hydrogen-bond acceptors (Lipinski definition) is 6. The molecule has 5 nitrogen and oxygen atoms in total. The van der Waals surface area contributed by atoms with Crippen LogP contribution in [0, 0.1) is 0 Å². The summed E-state index contributed by atoms with van der Waals surface area (Å²) in [5.41, 5.74) is 0.327. The minimum Gasteiger partial charge on any atom is -0.360 e. The predicted octanol–water partition coefficient (Wildman–Crippen LogP) is 3.54. The molecule has 0 atom stereocenters. The molecule has 1 aromatic carbocycles. The molecule has 0 unspecified atom stereocenters. The second kappa shape index (κ2) is 7.32. The summed E-state index contributed by atoms with van der Waals surface area (Å²) in [4.78, 5) is 12.3. The lowest BCUT2D eigenvalue weighted by Crippen LogP contribution is -2.12. The Bertz CT molecular complexity index is 621. The molecule has 1 amide bonds. The van der Waals surface area contributed by atoms with E-state index >= 15 is 0 Å². The normalized spacial score (nSPS) is 10.7. The first-order chi connectivity index (χ1) is 10.1. The number of thioether (sulfide) groups is 1. The summed E-state index contributed by atoms with van der Waals surface area (Å²) in [6, 6.07) is 6.38. The summed E-state index contributed by atoms with van der Waals surface area (Å²) < 4.78 is 24.9. The van der Waals surface area contributed by atoms with Crippen LogP contribution < -0.4 is 10.6 Å². The molecule has 112 valence electrons. The van der Waals surface area contributed by atoms with E-state index in [1.54, 1.807) is 18.2 Å². The Hall–Kier alpha value is -1.74. The van der Waals surface area contributed by atoms with Gasteiger partial charge in [-0.25, -0.2) is 0 Å². The lowest BCUT2D eigenvalue weighted by molar-refractivity contribution is 0.102. The van der Waals surface area contributed by atoms with Crippen LogP contribution in [0.2, 0.25) is 0 Å². The molecule has 9 heteroatoms. The molecule has 21 heavy (non-hydrogen) atoms. The van der Waals surface area contributed by atoms with E-state index in [1.165, 1.54) is 6.07 Å². The number of nitrogens with one attached hydrogen (secondary N) is 2. The van der Waals surface area contributed by atoms with E-state index in [0.717, 1.165) is 11.3 Å². The predicted molar refractivity (Wildman–Crippen MR) is 80.3 cm³/mol. The molecule has 2 rings (SSSR count). The molecule has 0 aliphatic heterocycles. The van der Waals surface area contributed by atoms with Gasteiger partial charge in [0.1, 0.15) is 0 Å². The van der Waals surface area contributed by atoms with Crippen LogP contribution in [0.25, 0.3) is 0 Å². The molecule has 0 radical (unpaired) electrons. The van der Waals surface area contributed by atoms with Gasteiger partial charge >= 0.3 is 0 Å². The Labute approximate surface area is 128 Å². The fourth-order valence-electron chi connectivity index (χ4n) is 1.48. The van der Waals surface area contributed by atoms with E-state index in [4.69, 9.17) is 0 Å². The Morgan fingerprint density at radius 1 is 1.38 bits per heavy atom. The van der Waals surface area contributed by atoms with E-state index in [9.17, 15) is 13.6 Å². The van der Waals surface area contributed by atoms with Gasteiger partial charge < -0.3 is 10.6 Å². The molecule has 0 bridgehead atoms. The summed E-state index contributed by atoms with van der Waals surface area (Å²) in [5, 5.41) is 13.8. The number of benzene rings is 1. The van der Waals surface area contributed by atoms with Gasteiger partial charge in [-0.3, -0.25) is 4.79 Å². The summed E-state index contributed by atoms with van der Waals surface area (Å²) in [7, 11) is 0. The van der Waals surface area contributed by atoms with Gasteiger partial charge in [0.25, 0.3) is 11.7 Å². The first-order valence-corrected chi connectivity index (χ1v) is 7.72. The molecular weight excluding hydrogens is 318 g/mol. The quantitative estimate of drug-likeness (QED) is 0.793. The number of anilines is 2. The van der Waals surface area contributed by atoms with Gasteiger partial charge in [0.2, 0.25) is 10.1 Å². The Kier molecular flexibility index (Phi) is 5.45. The average molecular weight is 330 g/mol. The number of aromatic nitrogens is 2. The number of para-hydroxylation sites is 1. The van der Waals surface area contributed by atoms with E-state index in [-0.39, 0.29) is 5.01 Å². The third-order valence-corrected chi connectivity index (χ3v) is 3.97. The van der Waals surface area contributed by atoms with Crippen LogP contribution in [0.15, 0.2) is 29.2 Å². The largest absolute Gasteiger partial charge is 0.360 e. The summed E-state index contributed by atoms with van der Waals surface area (Å²) >= 11 is 1.49. The van der Waals surface area contributed by atoms with Crippen molar-refractivity contribution in [3.05, 3.63) is 29.3 Å². The highest BCUT2D eigenvalue weighted by atomic mass is 32.2. The maximum atomic E-state index is 12.5. The average Bonchev–Trinajstić information content (AvgIpc) is 2.89. The third-order valence-electron chi connectivity index (χ3n) is 2.30. The number of carbonyl (C=O) groups excluding carboxylic acids is 1. The Morgan fingerprint density at radius 3 is 2.86 bits per heavy atom. The van der Waals surface area contributed by atoms with Gasteiger partial charge in [-0.2, -0.15) is 8.78 Å². The summed E-state index contributed by atoms with van der Waals surface area (Å²) in [5.74, 6) is -3.02. The van der Waals surface area contributed by atoms with Crippen LogP contribution in [0.3, 0.4) is 0 Å². The van der Waals surface area contributed by atoms with Crippen LogP contribution >= 0.6 is 23.1 Å². The number of hydrogen-bond donors (Lipinski definition) is 2. The van der Waals surface area contributed by atoms with Crippen molar-refractivity contribution in [2.24, 2.45) is 0 Å². The second-order valence-electron chi connectivity index (χ2n) is 3.77. The summed E-state index contributed by atoms with van der Waals surface area (Å²) in [6.45, 7) is 2.57. The van der Waals surface area contributed by atoms with Gasteiger partial charge in [-0.05, 0) is 19.1 Å². The third kappa shape index (κ3) is 4.36. The number of carbonyl (C=O) groups is 1. The fraction of sp³-hybridized carbons (Fsp3) is 0.250. The minimum atomic E-state index is -2.55. The van der Waals surface area contributed by atoms with Gasteiger partial charge in [-0.1, -0.05) is 35.2 Å². The van der Waals surface area contributed by atoms with Crippen LogP contribution in [-0.4, -0.2) is 28.4 Å². The van der Waals surface area contributed by atoms with Gasteiger partial charge in [0.15, 0.2) is 0 Å². The molecule has 0 saturated heterocycles. The van der Waals surface area contributed by atoms with Gasteiger partial charge in [0, 0.05) is 11.4 Å². The molecule has 0 saturated carbocycles. The zero-order valence-electron chi connectivity index (χ0n) is 11.0. The van der Waals surface area contributed by atoms with Crippen LogP contribution in [0.1, 0.15) is 16.7 Å². The van der Waals surface area contributed by atoms with Crippen molar-refractivity contribution in [1.82, 2.24) is 10.2 Å². The van der Waals surface area contributed by atoms with Crippen molar-refractivity contribution in [1.29, 1.82) is 0 Å². The lowest BCUT2D eigenvalue weighted by atomic mass is 10.3. The molecule has 0 spiro atoms. The number of rotatable bonds is 6. The highest BCUT2D eigenvalue weighted by Gasteiger charge is 2.16. The first kappa shape index (κ1) is 15.6. The van der Waals surface area contributed by atoms with E-state index < -0.39 is 11.7 Å². The second-order valence-corrected chi connectivity index (χ2v) is 5.78. The number of alkyl halides is 2. The smallest absolute Gasteiger partial charge is 0.288 e. The van der Waals surface area contributed by atoms with Crippen molar-refractivity contribution < 1.29 is 13.6 Å². The van der Waals surface area contributed by atoms with Crippen LogP contribution in [0.5, 0.6) is 0 Å². The molecular formula is C12H12F2N4OS2. The van der Waals surface area contributed by atoms with Crippen LogP contribution in [0.4, 0.5) is 19.6 Å². The highest BCUT2D eigenvalue weighted by molar-refractivity contribution is 7.99. The van der Waals surface area contributed by atoms with Crippen molar-refractivity contribution in [2.45, 2.75) is 17.6 Å². The monoisotopic (exact) mass is 330 g/mol. The maximum absolute atomic E-state index is 12.5. The highest BCUT2D eigenvalue weighted by Crippen LogP contribution is 2.32. The van der Waals surface area contributed by atoms with Crippen molar-refractivity contribution in [3.8, 4) is 0 Å². The Morgan fingerprint density at radius 2 is 2.14 bits per heavy atom. The van der Waals surface area contributed by atoms with Gasteiger partial charge in [0.05, 0.1) is 5.69 Å². The van der Waals surface area contributed by atoms with Gasteiger partial charge in [-0.15, -0.1) is 10.2 Å². The molecule has 0 fully saturated rings.